The number of carbonyl (C=O) groups is 5. The molecule has 60 heavy (non-hydrogen) atoms. The first kappa shape index (κ1) is 52.7. The normalized spacial score (nSPS) is 18.2. The average molecular weight is 870 g/mol. The maximum atomic E-state index is 12.9. The van der Waals surface area contributed by atoms with Gasteiger partial charge in [-0.05, 0) is 68.9 Å². The fourth-order valence-corrected chi connectivity index (χ4v) is 8.56. The number of nitrogens with one attached hydrogen (secondary N) is 1. The molecule has 1 unspecified atom stereocenters. The number of amides is 1. The Bertz CT molecular complexity index is 1560. The Hall–Kier alpha value is -3.44. The minimum Gasteiger partial charge on any atom is -0.480 e. The zero-order valence-electron chi connectivity index (χ0n) is 36.5. The molecule has 1 aliphatic rings. The highest BCUT2D eigenvalue weighted by Crippen LogP contribution is 2.42. The van der Waals surface area contributed by atoms with Gasteiger partial charge in [-0.1, -0.05) is 51.5 Å². The van der Waals surface area contributed by atoms with Gasteiger partial charge in [0, 0.05) is 70.7 Å². The predicted octanol–water partition coefficient (Wildman–Crippen LogP) is 3.13. The molecule has 1 aromatic rings. The van der Waals surface area contributed by atoms with Gasteiger partial charge in [-0.25, -0.2) is 0 Å². The van der Waals surface area contributed by atoms with E-state index in [1.807, 2.05) is 38.1 Å². The Morgan fingerprint density at radius 1 is 0.700 bits per heavy atom. The van der Waals surface area contributed by atoms with E-state index in [9.17, 15) is 53.9 Å². The zero-order valence-corrected chi connectivity index (χ0v) is 37.4. The minimum atomic E-state index is -3.34. The van der Waals surface area contributed by atoms with Crippen LogP contribution in [-0.2, 0) is 46.1 Å². The summed E-state index contributed by atoms with van der Waals surface area (Å²) in [5, 5.41) is 41.5. The van der Waals surface area contributed by atoms with E-state index in [4.69, 9.17) is 4.74 Å². The van der Waals surface area contributed by atoms with Crippen LogP contribution >= 0.6 is 7.37 Å². The smallest absolute Gasteiger partial charge is 0.317 e. The molecule has 0 bridgehead atoms. The van der Waals surface area contributed by atoms with E-state index in [-0.39, 0.29) is 95.6 Å². The first-order chi connectivity index (χ1) is 28.1. The van der Waals surface area contributed by atoms with Crippen LogP contribution in [0.25, 0.3) is 0 Å². The quantitative estimate of drug-likeness (QED) is 0.0580. The SMILES string of the molecule is CCC(C)(C)COCC(C)(C)C(=O)NCCCCCP(=O)(O)CCCc1ccc(C[C@H]2CN(CC(=O)O)CCN(CC(=O)O)CCN(CC(=O)O)CCN2CC(=O)O)cc1. The van der Waals surface area contributed by atoms with Crippen molar-refractivity contribution in [2.24, 2.45) is 10.8 Å². The Labute approximate surface area is 355 Å². The largest absolute Gasteiger partial charge is 0.480 e. The van der Waals surface area contributed by atoms with Gasteiger partial charge in [0.15, 0.2) is 0 Å². The van der Waals surface area contributed by atoms with Crippen LogP contribution in [0.3, 0.4) is 0 Å². The number of rotatable bonds is 26. The van der Waals surface area contributed by atoms with Crippen LogP contribution < -0.4 is 5.32 Å². The van der Waals surface area contributed by atoms with Crippen LogP contribution in [0.5, 0.6) is 0 Å². The number of carboxylic acid groups (broad SMARTS) is 4. The topological polar surface area (TPSA) is 238 Å². The molecule has 342 valence electrons. The number of aliphatic carboxylic acids is 4. The number of unbranched alkanes of at least 4 members (excludes halogenated alkanes) is 2. The first-order valence-electron chi connectivity index (χ1n) is 21.1. The third-order valence-corrected chi connectivity index (χ3v) is 13.1. The van der Waals surface area contributed by atoms with Crippen molar-refractivity contribution in [3.05, 3.63) is 35.4 Å². The lowest BCUT2D eigenvalue weighted by atomic mass is 9.90. The van der Waals surface area contributed by atoms with Crippen molar-refractivity contribution in [3.8, 4) is 0 Å². The van der Waals surface area contributed by atoms with Crippen LogP contribution in [-0.4, -0.2) is 185 Å². The van der Waals surface area contributed by atoms with E-state index >= 15 is 0 Å². The molecule has 1 amide bonds. The second kappa shape index (κ2) is 26.1. The van der Waals surface area contributed by atoms with E-state index in [0.717, 1.165) is 24.0 Å². The second-order valence-corrected chi connectivity index (χ2v) is 20.2. The van der Waals surface area contributed by atoms with Gasteiger partial charge in [0.2, 0.25) is 13.3 Å². The maximum absolute atomic E-state index is 12.9. The highest BCUT2D eigenvalue weighted by atomic mass is 31.2. The van der Waals surface area contributed by atoms with E-state index in [1.165, 1.54) is 0 Å². The molecule has 17 nitrogen and oxygen atoms in total. The van der Waals surface area contributed by atoms with Gasteiger partial charge in [0.05, 0.1) is 44.8 Å². The highest BCUT2D eigenvalue weighted by molar-refractivity contribution is 7.57. The van der Waals surface area contributed by atoms with Gasteiger partial charge in [0.1, 0.15) is 0 Å². The van der Waals surface area contributed by atoms with Crippen molar-refractivity contribution in [2.75, 3.05) is 104 Å². The monoisotopic (exact) mass is 869 g/mol. The van der Waals surface area contributed by atoms with Crippen molar-refractivity contribution >= 4 is 37.2 Å². The minimum absolute atomic E-state index is 0.0598. The predicted molar refractivity (Wildman–Crippen MR) is 229 cm³/mol. The van der Waals surface area contributed by atoms with Crippen LogP contribution in [0.1, 0.15) is 77.8 Å². The Kier molecular flexibility index (Phi) is 22.9. The van der Waals surface area contributed by atoms with Crippen LogP contribution in [0.15, 0.2) is 24.3 Å². The van der Waals surface area contributed by atoms with Gasteiger partial charge >= 0.3 is 23.9 Å². The molecule has 1 aromatic carbocycles. The summed E-state index contributed by atoms with van der Waals surface area (Å²) in [6.45, 7) is 11.7. The van der Waals surface area contributed by atoms with E-state index in [2.05, 4.69) is 26.1 Å². The van der Waals surface area contributed by atoms with E-state index < -0.39 is 42.7 Å². The number of nitrogens with zero attached hydrogens (tertiary/aromatic N) is 4. The van der Waals surface area contributed by atoms with Crippen molar-refractivity contribution < 1.29 is 58.6 Å². The summed E-state index contributed by atoms with van der Waals surface area (Å²) >= 11 is 0. The average Bonchev–Trinajstić information content (AvgIpc) is 3.14. The van der Waals surface area contributed by atoms with E-state index in [0.29, 0.717) is 51.9 Å². The molecule has 0 radical (unpaired) electrons. The summed E-state index contributed by atoms with van der Waals surface area (Å²) < 4.78 is 18.8. The number of carbonyl (C=O) groups excluding carboxylic acids is 1. The second-order valence-electron chi connectivity index (χ2n) is 17.6. The maximum Gasteiger partial charge on any atom is 0.317 e. The van der Waals surface area contributed by atoms with Gasteiger partial charge in [-0.2, -0.15) is 0 Å². The number of carboxylic acids is 4. The molecule has 0 aromatic heterocycles. The Morgan fingerprint density at radius 2 is 1.20 bits per heavy atom. The van der Waals surface area contributed by atoms with E-state index in [1.54, 1.807) is 19.6 Å². The molecule has 1 fully saturated rings. The zero-order chi connectivity index (χ0) is 44.9. The highest BCUT2D eigenvalue weighted by Gasteiger charge is 2.30. The number of benzene rings is 1. The van der Waals surface area contributed by atoms with Gasteiger partial charge in [-0.3, -0.25) is 48.1 Å². The third-order valence-electron chi connectivity index (χ3n) is 11.0. The lowest BCUT2D eigenvalue weighted by Crippen LogP contribution is -2.53. The Balaban J connectivity index is 1.98. The molecule has 0 aliphatic carbocycles. The molecular weight excluding hydrogens is 797 g/mol. The molecule has 1 aliphatic heterocycles. The number of aryl methyl sites for hydroxylation is 1. The molecule has 1 saturated heterocycles. The Morgan fingerprint density at radius 3 is 1.75 bits per heavy atom. The molecule has 18 heteroatoms. The van der Waals surface area contributed by atoms with Crippen molar-refractivity contribution in [1.82, 2.24) is 24.9 Å². The first-order valence-corrected chi connectivity index (χ1v) is 23.2. The van der Waals surface area contributed by atoms with Crippen molar-refractivity contribution in [2.45, 2.75) is 85.6 Å². The summed E-state index contributed by atoms with van der Waals surface area (Å²) in [7, 11) is -3.34. The lowest BCUT2D eigenvalue weighted by Gasteiger charge is -2.37. The molecule has 0 spiro atoms. The van der Waals surface area contributed by atoms with Crippen LogP contribution in [0.4, 0.5) is 0 Å². The fraction of sp³-hybridized carbons (Fsp3) is 0.738. The molecule has 0 saturated carbocycles. The molecular formula is C42H72N5O12P. The van der Waals surface area contributed by atoms with Gasteiger partial charge < -0.3 is 35.4 Å². The summed E-state index contributed by atoms with van der Waals surface area (Å²) in [6.07, 6.45) is 4.85. The molecule has 1 heterocycles. The molecule has 6 N–H and O–H groups in total. The van der Waals surface area contributed by atoms with Crippen LogP contribution in [0, 0.1) is 10.8 Å². The van der Waals surface area contributed by atoms with Crippen molar-refractivity contribution in [1.29, 1.82) is 0 Å². The standard InChI is InChI=1S/C42H72N5O12P/c1-6-41(2,3)31-59-32-42(4,5)40(56)43-16-8-7-9-23-60(57,58)24-10-11-33-12-14-34(15-13-33)25-35-26-46(29-38(52)53)20-19-44(27-36(48)49)17-18-45(28-37(50)51)21-22-47(35)30-39(54)55/h12-15,35H,6-11,16-32H2,1-5H3,(H,43,56)(H,48,49)(H,50,51)(H,52,53)(H,54,55)(H,57,58)/t35-/m0/s1. The summed E-state index contributed by atoms with van der Waals surface area (Å²) in [5.41, 5.74) is 1.24. The van der Waals surface area contributed by atoms with Gasteiger partial charge in [-0.15, -0.1) is 0 Å². The van der Waals surface area contributed by atoms with Crippen LogP contribution in [0.2, 0.25) is 0 Å². The number of hydrogen-bond acceptors (Lipinski definition) is 11. The molecule has 2 rings (SSSR count). The summed E-state index contributed by atoms with van der Waals surface area (Å²) in [5.74, 6) is -4.35. The number of hydrogen-bond donors (Lipinski definition) is 6. The fourth-order valence-electron chi connectivity index (χ4n) is 6.96. The third kappa shape index (κ3) is 22.4. The summed E-state index contributed by atoms with van der Waals surface area (Å²) in [6, 6.07) is 7.20. The van der Waals surface area contributed by atoms with Gasteiger partial charge in [0.25, 0.3) is 0 Å². The number of ether oxygens (including phenoxy) is 1. The lowest BCUT2D eigenvalue weighted by molar-refractivity contribution is -0.142. The summed E-state index contributed by atoms with van der Waals surface area (Å²) in [4.78, 5) is 77.2. The molecule has 2 atom stereocenters. The van der Waals surface area contributed by atoms with Crippen molar-refractivity contribution in [3.63, 3.8) is 0 Å².